The molecule has 28 heavy (non-hydrogen) atoms. The molecule has 2 aromatic rings. The quantitative estimate of drug-likeness (QED) is 0.671. The van der Waals surface area contributed by atoms with Crippen LogP contribution in [0.25, 0.3) is 0 Å². The lowest BCUT2D eigenvalue weighted by molar-refractivity contribution is -0.115. The van der Waals surface area contributed by atoms with Crippen LogP contribution in [0.1, 0.15) is 43.4 Å². The predicted octanol–water partition coefficient (Wildman–Crippen LogP) is 2.38. The second-order valence-electron chi connectivity index (χ2n) is 6.71. The van der Waals surface area contributed by atoms with E-state index in [1.54, 1.807) is 18.3 Å². The molecule has 1 saturated carbocycles. The molecular weight excluding hydrogens is 362 g/mol. The fraction of sp³-hybridized carbons (Fsp3) is 0.474. The van der Waals surface area contributed by atoms with Crippen LogP contribution in [0.15, 0.2) is 24.4 Å². The number of ether oxygens (including phenoxy) is 2. The topological polar surface area (TPSA) is 118 Å². The van der Waals surface area contributed by atoms with Crippen molar-refractivity contribution in [3.63, 3.8) is 0 Å². The van der Waals surface area contributed by atoms with Crippen LogP contribution in [-0.2, 0) is 16.0 Å². The highest BCUT2D eigenvalue weighted by Gasteiger charge is 2.29. The number of aromatic nitrogens is 3. The number of rotatable bonds is 7. The fourth-order valence-electron chi connectivity index (χ4n) is 3.32. The molecule has 1 aliphatic rings. The van der Waals surface area contributed by atoms with Crippen molar-refractivity contribution in [1.82, 2.24) is 20.5 Å². The molecule has 2 aromatic heterocycles. The predicted molar refractivity (Wildman–Crippen MR) is 102 cm³/mol. The number of carbonyl (C=O) groups is 2. The highest BCUT2D eigenvalue weighted by molar-refractivity contribution is 5.91. The van der Waals surface area contributed by atoms with Crippen molar-refractivity contribution in [3.8, 4) is 5.88 Å². The summed E-state index contributed by atoms with van der Waals surface area (Å²) in [6, 6.07) is 5.33. The van der Waals surface area contributed by atoms with Gasteiger partial charge in [0.25, 0.3) is 0 Å². The van der Waals surface area contributed by atoms with Crippen LogP contribution in [0.3, 0.4) is 0 Å². The second kappa shape index (κ2) is 9.20. The summed E-state index contributed by atoms with van der Waals surface area (Å²) < 4.78 is 10.5. The van der Waals surface area contributed by atoms with Crippen molar-refractivity contribution in [2.45, 2.75) is 44.6 Å². The van der Waals surface area contributed by atoms with E-state index < -0.39 is 0 Å². The Morgan fingerprint density at radius 3 is 2.96 bits per heavy atom. The zero-order chi connectivity index (χ0) is 19.9. The van der Waals surface area contributed by atoms with Crippen LogP contribution in [-0.4, -0.2) is 46.9 Å². The number of anilines is 1. The summed E-state index contributed by atoms with van der Waals surface area (Å²) >= 11 is 0. The number of nitrogens with one attached hydrogen (secondary N) is 3. The van der Waals surface area contributed by atoms with Gasteiger partial charge >= 0.3 is 6.09 Å². The fourth-order valence-corrected chi connectivity index (χ4v) is 3.32. The maximum Gasteiger partial charge on any atom is 0.407 e. The zero-order valence-electron chi connectivity index (χ0n) is 16.0. The summed E-state index contributed by atoms with van der Waals surface area (Å²) in [6.07, 6.45) is 3.78. The number of aromatic amines is 1. The first-order chi connectivity index (χ1) is 13.6. The van der Waals surface area contributed by atoms with Gasteiger partial charge in [0.2, 0.25) is 11.8 Å². The lowest BCUT2D eigenvalue weighted by Gasteiger charge is -2.12. The average molecular weight is 387 g/mol. The number of H-pyrrole nitrogens is 1. The standard InChI is InChI=1S/C19H25N5O4/c1-3-20-19(26)28-14-5-4-13(10-14)15-11-16(24-23-15)22-17(25)8-12-6-7-21-18(9-12)27-2/h6-7,9,11,13-14H,3-5,8,10H2,1-2H3,(H,20,26)(H2,22,23,24,25). The van der Waals surface area contributed by atoms with Gasteiger partial charge in [-0.3, -0.25) is 9.89 Å². The van der Waals surface area contributed by atoms with E-state index in [2.05, 4.69) is 25.8 Å². The zero-order valence-corrected chi connectivity index (χ0v) is 16.0. The van der Waals surface area contributed by atoms with E-state index in [1.807, 2.05) is 13.0 Å². The molecule has 9 heteroatoms. The number of carbonyl (C=O) groups excluding carboxylic acids is 2. The van der Waals surface area contributed by atoms with E-state index in [-0.39, 0.29) is 30.4 Å². The van der Waals surface area contributed by atoms with Gasteiger partial charge in [0.05, 0.1) is 13.5 Å². The molecule has 2 heterocycles. The van der Waals surface area contributed by atoms with Gasteiger partial charge in [-0.1, -0.05) is 0 Å². The highest BCUT2D eigenvalue weighted by Crippen LogP contribution is 2.35. The van der Waals surface area contributed by atoms with E-state index in [4.69, 9.17) is 9.47 Å². The first-order valence-electron chi connectivity index (χ1n) is 9.36. The van der Waals surface area contributed by atoms with Gasteiger partial charge in [-0.2, -0.15) is 5.10 Å². The molecule has 1 aliphatic carbocycles. The van der Waals surface area contributed by atoms with Crippen molar-refractivity contribution >= 4 is 17.8 Å². The molecule has 2 unspecified atom stereocenters. The molecule has 0 aromatic carbocycles. The number of amides is 2. The number of methoxy groups -OCH3 is 1. The van der Waals surface area contributed by atoms with E-state index in [1.165, 1.54) is 7.11 Å². The minimum absolute atomic E-state index is 0.0976. The monoisotopic (exact) mass is 387 g/mol. The Kier molecular flexibility index (Phi) is 6.46. The Morgan fingerprint density at radius 1 is 1.32 bits per heavy atom. The lowest BCUT2D eigenvalue weighted by Crippen LogP contribution is -2.27. The summed E-state index contributed by atoms with van der Waals surface area (Å²) in [4.78, 5) is 27.8. The maximum atomic E-state index is 12.3. The van der Waals surface area contributed by atoms with Gasteiger partial charge in [0.15, 0.2) is 5.82 Å². The Morgan fingerprint density at radius 2 is 2.18 bits per heavy atom. The number of hydrogen-bond acceptors (Lipinski definition) is 6. The molecule has 0 bridgehead atoms. The van der Waals surface area contributed by atoms with E-state index in [0.717, 1.165) is 30.5 Å². The molecule has 1 fully saturated rings. The first-order valence-corrected chi connectivity index (χ1v) is 9.36. The molecule has 0 aliphatic heterocycles. The van der Waals surface area contributed by atoms with Crippen molar-refractivity contribution in [2.24, 2.45) is 0 Å². The van der Waals surface area contributed by atoms with Crippen LogP contribution in [0.5, 0.6) is 5.88 Å². The molecule has 0 radical (unpaired) electrons. The van der Waals surface area contributed by atoms with Gasteiger partial charge in [-0.25, -0.2) is 9.78 Å². The van der Waals surface area contributed by atoms with Crippen LogP contribution >= 0.6 is 0 Å². The Bertz CT molecular complexity index is 822. The van der Waals surface area contributed by atoms with Crippen LogP contribution in [0.2, 0.25) is 0 Å². The summed E-state index contributed by atoms with van der Waals surface area (Å²) in [5.74, 6) is 1.00. The maximum absolute atomic E-state index is 12.3. The van der Waals surface area contributed by atoms with E-state index in [0.29, 0.717) is 18.2 Å². The minimum Gasteiger partial charge on any atom is -0.481 e. The Labute approximate surface area is 163 Å². The molecule has 0 saturated heterocycles. The second-order valence-corrected chi connectivity index (χ2v) is 6.71. The summed E-state index contributed by atoms with van der Waals surface area (Å²) in [7, 11) is 1.53. The summed E-state index contributed by atoms with van der Waals surface area (Å²) in [5.41, 5.74) is 1.74. The summed E-state index contributed by atoms with van der Waals surface area (Å²) in [5, 5.41) is 12.6. The van der Waals surface area contributed by atoms with Gasteiger partial charge in [0, 0.05) is 36.5 Å². The minimum atomic E-state index is -0.376. The highest BCUT2D eigenvalue weighted by atomic mass is 16.6. The van der Waals surface area contributed by atoms with Gasteiger partial charge in [0.1, 0.15) is 6.10 Å². The van der Waals surface area contributed by atoms with Crippen molar-refractivity contribution in [1.29, 1.82) is 0 Å². The molecular formula is C19H25N5O4. The number of hydrogen-bond donors (Lipinski definition) is 3. The normalized spacial score (nSPS) is 18.5. The molecule has 0 spiro atoms. The number of pyridine rings is 1. The molecule has 2 atom stereocenters. The van der Waals surface area contributed by atoms with E-state index >= 15 is 0 Å². The number of nitrogens with zero attached hydrogens (tertiary/aromatic N) is 2. The third-order valence-electron chi connectivity index (χ3n) is 4.66. The van der Waals surface area contributed by atoms with Gasteiger partial charge in [-0.05, 0) is 37.8 Å². The SMILES string of the molecule is CCNC(=O)OC1CCC(c2cc(NC(=O)Cc3ccnc(OC)c3)n[nH]2)C1. The lowest BCUT2D eigenvalue weighted by atomic mass is 10.0. The van der Waals surface area contributed by atoms with E-state index in [9.17, 15) is 9.59 Å². The van der Waals surface area contributed by atoms with Crippen LogP contribution in [0.4, 0.5) is 10.6 Å². The smallest absolute Gasteiger partial charge is 0.407 e. The van der Waals surface area contributed by atoms with Crippen LogP contribution in [0, 0.1) is 0 Å². The van der Waals surface area contributed by atoms with Crippen molar-refractivity contribution in [2.75, 3.05) is 19.0 Å². The molecule has 3 rings (SSSR count). The van der Waals surface area contributed by atoms with Crippen molar-refractivity contribution < 1.29 is 19.1 Å². The Hall–Kier alpha value is -3.10. The molecule has 2 amide bonds. The molecule has 150 valence electrons. The van der Waals surface area contributed by atoms with Gasteiger partial charge < -0.3 is 20.1 Å². The van der Waals surface area contributed by atoms with Crippen molar-refractivity contribution in [3.05, 3.63) is 35.7 Å². The van der Waals surface area contributed by atoms with Crippen LogP contribution < -0.4 is 15.4 Å². The molecule has 3 N–H and O–H groups in total. The molecule has 9 nitrogen and oxygen atoms in total. The third-order valence-corrected chi connectivity index (χ3v) is 4.66. The Balaban J connectivity index is 1.51. The summed E-state index contributed by atoms with van der Waals surface area (Å²) in [6.45, 7) is 2.40. The third kappa shape index (κ3) is 5.21. The average Bonchev–Trinajstić information content (AvgIpc) is 3.31. The first kappa shape index (κ1) is 19.7. The number of alkyl carbamates (subject to hydrolysis) is 1. The largest absolute Gasteiger partial charge is 0.481 e. The van der Waals surface area contributed by atoms with Gasteiger partial charge in [-0.15, -0.1) is 0 Å².